The summed E-state index contributed by atoms with van der Waals surface area (Å²) in [5.74, 6) is 0. The van der Waals surface area contributed by atoms with E-state index in [2.05, 4.69) is 5.32 Å². The van der Waals surface area contributed by atoms with E-state index in [1.165, 1.54) is 19.3 Å². The average Bonchev–Trinajstić information content (AvgIpc) is 2.37. The highest BCUT2D eigenvalue weighted by molar-refractivity contribution is 5.75. The molecule has 0 aromatic carbocycles. The van der Waals surface area contributed by atoms with Gasteiger partial charge in [0.25, 0.3) is 0 Å². The number of rotatable bonds is 6. The summed E-state index contributed by atoms with van der Waals surface area (Å²) in [6.07, 6.45) is 7.21. The minimum Gasteiger partial charge on any atom is -0.385 e. The maximum Gasteiger partial charge on any atom is 0.317 e. The molecule has 0 radical (unpaired) electrons. The van der Waals surface area contributed by atoms with Crippen LogP contribution in [-0.2, 0) is 9.47 Å². The molecular weight excluding hydrogens is 244 g/mol. The Morgan fingerprint density at radius 2 is 1.95 bits per heavy atom. The van der Waals surface area contributed by atoms with Gasteiger partial charge < -0.3 is 19.7 Å². The molecule has 2 rings (SSSR count). The van der Waals surface area contributed by atoms with Crippen molar-refractivity contribution in [1.29, 1.82) is 0 Å². The third kappa shape index (κ3) is 4.66. The van der Waals surface area contributed by atoms with Crippen LogP contribution in [0.1, 0.15) is 38.5 Å². The number of carbonyl (C=O) groups excluding carboxylic acids is 1. The van der Waals surface area contributed by atoms with Gasteiger partial charge in [0.15, 0.2) is 0 Å². The highest BCUT2D eigenvalue weighted by Gasteiger charge is 2.32. The maximum atomic E-state index is 12.0. The molecule has 0 aromatic heterocycles. The van der Waals surface area contributed by atoms with E-state index < -0.39 is 0 Å². The highest BCUT2D eigenvalue weighted by atomic mass is 16.5. The lowest BCUT2D eigenvalue weighted by Gasteiger charge is -2.39. The van der Waals surface area contributed by atoms with Gasteiger partial charge in [0.05, 0.1) is 19.2 Å². The molecule has 0 bridgehead atoms. The van der Waals surface area contributed by atoms with E-state index in [4.69, 9.17) is 9.47 Å². The maximum absolute atomic E-state index is 12.0. The number of methoxy groups -OCH3 is 1. The number of amides is 2. The molecule has 19 heavy (non-hydrogen) atoms. The summed E-state index contributed by atoms with van der Waals surface area (Å²) < 4.78 is 10.6. The Kier molecular flexibility index (Phi) is 5.92. The summed E-state index contributed by atoms with van der Waals surface area (Å²) in [6, 6.07) is 0.478. The summed E-state index contributed by atoms with van der Waals surface area (Å²) in [5, 5.41) is 3.13. The molecule has 2 aliphatic rings. The van der Waals surface area contributed by atoms with Crippen molar-refractivity contribution in [1.82, 2.24) is 10.2 Å². The summed E-state index contributed by atoms with van der Waals surface area (Å²) in [4.78, 5) is 13.8. The van der Waals surface area contributed by atoms with Crippen LogP contribution in [0.5, 0.6) is 0 Å². The Morgan fingerprint density at radius 3 is 2.63 bits per heavy atom. The zero-order valence-corrected chi connectivity index (χ0v) is 11.9. The summed E-state index contributed by atoms with van der Waals surface area (Å²) in [6.45, 7) is 2.91. The minimum absolute atomic E-state index is 0.0867. The van der Waals surface area contributed by atoms with Crippen LogP contribution in [0, 0.1) is 0 Å². The molecule has 2 fully saturated rings. The van der Waals surface area contributed by atoms with Crippen LogP contribution < -0.4 is 5.32 Å². The molecule has 0 aromatic rings. The lowest BCUT2D eigenvalue weighted by atomic mass is 9.95. The van der Waals surface area contributed by atoms with Crippen molar-refractivity contribution in [3.05, 3.63) is 0 Å². The van der Waals surface area contributed by atoms with Crippen LogP contribution in [0.2, 0.25) is 0 Å². The molecule has 2 amide bonds. The zero-order valence-electron chi connectivity index (χ0n) is 11.9. The zero-order chi connectivity index (χ0) is 13.5. The van der Waals surface area contributed by atoms with E-state index in [1.807, 2.05) is 4.90 Å². The Hall–Kier alpha value is -0.810. The predicted octanol–water partition coefficient (Wildman–Crippen LogP) is 1.77. The van der Waals surface area contributed by atoms with Gasteiger partial charge in [-0.2, -0.15) is 0 Å². The Balaban J connectivity index is 1.54. The van der Waals surface area contributed by atoms with Crippen molar-refractivity contribution in [2.75, 3.05) is 33.4 Å². The molecule has 1 saturated heterocycles. The van der Waals surface area contributed by atoms with Gasteiger partial charge in [-0.25, -0.2) is 4.79 Å². The van der Waals surface area contributed by atoms with E-state index in [0.29, 0.717) is 6.04 Å². The number of hydrogen-bond donors (Lipinski definition) is 1. The molecule has 1 heterocycles. The molecule has 1 N–H and O–H groups in total. The fourth-order valence-electron chi connectivity index (χ4n) is 2.68. The molecule has 110 valence electrons. The van der Waals surface area contributed by atoms with E-state index >= 15 is 0 Å². The van der Waals surface area contributed by atoms with Crippen LogP contribution in [0.3, 0.4) is 0 Å². The number of carbonyl (C=O) groups is 1. The minimum atomic E-state index is 0.0867. The molecule has 0 spiro atoms. The van der Waals surface area contributed by atoms with E-state index in [-0.39, 0.29) is 12.1 Å². The van der Waals surface area contributed by atoms with Gasteiger partial charge in [-0.3, -0.25) is 0 Å². The monoisotopic (exact) mass is 270 g/mol. The number of ether oxygens (including phenoxy) is 2. The van der Waals surface area contributed by atoms with Gasteiger partial charge in [0.2, 0.25) is 0 Å². The summed E-state index contributed by atoms with van der Waals surface area (Å²) >= 11 is 0. The molecular formula is C14H26N2O3. The van der Waals surface area contributed by atoms with Crippen LogP contribution in [0.15, 0.2) is 0 Å². The largest absolute Gasteiger partial charge is 0.385 e. The fraction of sp³-hybridized carbons (Fsp3) is 0.929. The van der Waals surface area contributed by atoms with Crippen LogP contribution in [0.4, 0.5) is 4.79 Å². The lowest BCUT2D eigenvalue weighted by molar-refractivity contribution is -0.0406. The summed E-state index contributed by atoms with van der Waals surface area (Å²) in [5.41, 5.74) is 0. The third-order valence-corrected chi connectivity index (χ3v) is 3.91. The molecule has 5 nitrogen and oxygen atoms in total. The number of hydrogen-bond acceptors (Lipinski definition) is 3. The topological polar surface area (TPSA) is 50.8 Å². The number of nitrogens with zero attached hydrogens (tertiary/aromatic N) is 1. The van der Waals surface area contributed by atoms with Crippen LogP contribution in [0.25, 0.3) is 0 Å². The Morgan fingerprint density at radius 1 is 1.21 bits per heavy atom. The predicted molar refractivity (Wildman–Crippen MR) is 73.2 cm³/mol. The molecule has 1 aliphatic heterocycles. The first-order chi connectivity index (χ1) is 9.29. The van der Waals surface area contributed by atoms with E-state index in [9.17, 15) is 4.79 Å². The molecule has 5 heteroatoms. The van der Waals surface area contributed by atoms with Crippen LogP contribution in [-0.4, -0.2) is 56.5 Å². The molecule has 1 saturated carbocycles. The SMILES string of the molecule is COCCCOC1CN(C(=O)NC2CCCCC2)C1. The number of likely N-dealkylation sites (tertiary alicyclic amines) is 1. The average molecular weight is 270 g/mol. The molecule has 1 aliphatic carbocycles. The second-order valence-electron chi connectivity index (χ2n) is 5.53. The number of urea groups is 1. The molecule has 0 atom stereocenters. The van der Waals surface area contributed by atoms with Crippen molar-refractivity contribution < 1.29 is 14.3 Å². The van der Waals surface area contributed by atoms with Gasteiger partial charge in [0.1, 0.15) is 0 Å². The van der Waals surface area contributed by atoms with Gasteiger partial charge >= 0.3 is 6.03 Å². The Labute approximate surface area is 115 Å². The van der Waals surface area contributed by atoms with E-state index in [1.54, 1.807) is 7.11 Å². The van der Waals surface area contributed by atoms with Crippen molar-refractivity contribution >= 4 is 6.03 Å². The second kappa shape index (κ2) is 7.70. The van der Waals surface area contributed by atoms with Crippen molar-refractivity contribution in [3.63, 3.8) is 0 Å². The van der Waals surface area contributed by atoms with Gasteiger partial charge in [-0.15, -0.1) is 0 Å². The smallest absolute Gasteiger partial charge is 0.317 e. The van der Waals surface area contributed by atoms with Crippen molar-refractivity contribution in [2.45, 2.75) is 50.7 Å². The quantitative estimate of drug-likeness (QED) is 0.748. The van der Waals surface area contributed by atoms with E-state index in [0.717, 1.165) is 45.6 Å². The Bertz CT molecular complexity index is 274. The number of nitrogens with one attached hydrogen (secondary N) is 1. The van der Waals surface area contributed by atoms with Crippen molar-refractivity contribution in [2.24, 2.45) is 0 Å². The highest BCUT2D eigenvalue weighted by Crippen LogP contribution is 2.19. The van der Waals surface area contributed by atoms with Gasteiger partial charge in [0, 0.05) is 26.4 Å². The second-order valence-corrected chi connectivity index (χ2v) is 5.53. The summed E-state index contributed by atoms with van der Waals surface area (Å²) in [7, 11) is 1.70. The normalized spacial score (nSPS) is 21.2. The standard InChI is InChI=1S/C14H26N2O3/c1-18-8-5-9-19-13-10-16(11-13)14(17)15-12-6-3-2-4-7-12/h12-13H,2-11H2,1H3,(H,15,17). The first-order valence-electron chi connectivity index (χ1n) is 7.45. The van der Waals surface area contributed by atoms with Gasteiger partial charge in [-0.1, -0.05) is 19.3 Å². The van der Waals surface area contributed by atoms with Gasteiger partial charge in [-0.05, 0) is 19.3 Å². The fourth-order valence-corrected chi connectivity index (χ4v) is 2.68. The first kappa shape index (κ1) is 14.6. The van der Waals surface area contributed by atoms with Crippen LogP contribution >= 0.6 is 0 Å². The third-order valence-electron chi connectivity index (χ3n) is 3.91. The molecule has 0 unspecified atom stereocenters. The van der Waals surface area contributed by atoms with Crippen molar-refractivity contribution in [3.8, 4) is 0 Å². The lowest BCUT2D eigenvalue weighted by Crippen LogP contribution is -2.59. The first-order valence-corrected chi connectivity index (χ1v) is 7.45.